The third kappa shape index (κ3) is 23.7. The number of fused-ring (bicyclic) bond motifs is 3. The van der Waals surface area contributed by atoms with E-state index in [0.29, 0.717) is 24.4 Å². The van der Waals surface area contributed by atoms with Gasteiger partial charge in [-0.05, 0) is 192 Å². The molecule has 136 heavy (non-hydrogen) atoms. The first kappa shape index (κ1) is 103. The number of halogens is 18. The minimum atomic E-state index is -4.88. The number of nitrogens with zero attached hydrogens (tertiary/aromatic N) is 17. The first-order valence-corrected chi connectivity index (χ1v) is 44.7. The second-order valence-corrected chi connectivity index (χ2v) is 35.1. The van der Waals surface area contributed by atoms with Crippen molar-refractivity contribution in [3.63, 3.8) is 0 Å². The van der Waals surface area contributed by atoms with Gasteiger partial charge in [-0.2, -0.15) is 69.4 Å². The van der Waals surface area contributed by atoms with Crippen molar-refractivity contribution in [2.45, 2.75) is 148 Å². The number of ether oxygens (including phenoxy) is 3. The minimum Gasteiger partial charge on any atom is -0.478 e. The molecule has 3 aromatic carbocycles. The molecule has 0 saturated carbocycles. The lowest BCUT2D eigenvalue weighted by molar-refractivity contribution is -0.138. The topological polar surface area (TPSA) is 319 Å². The highest BCUT2D eigenvalue weighted by molar-refractivity contribution is 6.35. The smallest absolute Gasteiger partial charge is 0.418 e. The maximum absolute atomic E-state index is 16.6. The molecule has 2 amide bonds. The van der Waals surface area contributed by atoms with Crippen molar-refractivity contribution >= 4 is 120 Å². The molecule has 6 atom stereocenters. The summed E-state index contributed by atoms with van der Waals surface area (Å²) in [7, 11) is 5.91. The summed E-state index contributed by atoms with van der Waals surface area (Å²) in [5.74, 6) is -4.84. The number of carboxylic acids is 1. The zero-order valence-electron chi connectivity index (χ0n) is 75.5. The highest BCUT2D eigenvalue weighted by Crippen LogP contribution is 2.50. The number of likely N-dealkylation sites (N-methyl/N-ethyl adjacent to an activating group) is 3. The number of rotatable bonds is 21. The fourth-order valence-corrected chi connectivity index (χ4v) is 18.4. The van der Waals surface area contributed by atoms with Crippen LogP contribution in [0.5, 0.6) is 18.0 Å². The number of likely N-dealkylation sites (tertiary alicyclic amines) is 3. The Kier molecular flexibility index (Phi) is 33.4. The van der Waals surface area contributed by atoms with Gasteiger partial charge in [0, 0.05) is 110 Å². The van der Waals surface area contributed by atoms with Crippen LogP contribution in [-0.2, 0) is 32.9 Å². The maximum atomic E-state index is 16.6. The second-order valence-electron chi connectivity index (χ2n) is 33.9. The van der Waals surface area contributed by atoms with E-state index in [9.17, 15) is 67.1 Å². The molecule has 7 N–H and O–H groups in total. The van der Waals surface area contributed by atoms with Crippen LogP contribution >= 0.6 is 34.8 Å². The molecule has 15 rings (SSSR count). The molecule has 0 bridgehead atoms. The third-order valence-corrected chi connectivity index (χ3v) is 25.3. The van der Waals surface area contributed by atoms with E-state index >= 15 is 13.2 Å². The number of nitrogen functional groups attached to an aromatic ring is 3. The Hall–Kier alpha value is -11.5. The van der Waals surface area contributed by atoms with Gasteiger partial charge in [-0.1, -0.05) is 34.8 Å². The Morgan fingerprint density at radius 3 is 1.07 bits per heavy atom. The Bertz CT molecular complexity index is 5770. The monoisotopic (exact) mass is 1980 g/mol. The molecule has 0 radical (unpaired) electrons. The van der Waals surface area contributed by atoms with Crippen LogP contribution in [0.15, 0.2) is 72.9 Å². The Morgan fingerprint density at radius 2 is 0.787 bits per heavy atom. The molecule has 0 unspecified atom stereocenters. The molecule has 45 heteroatoms. The van der Waals surface area contributed by atoms with Crippen molar-refractivity contribution in [1.82, 2.24) is 69.4 Å². The number of hydrogen-bond acceptors (Lipinski definition) is 24. The predicted octanol–water partition coefficient (Wildman–Crippen LogP) is 17.5. The first-order valence-electron chi connectivity index (χ1n) is 43.5. The molecule has 6 saturated heterocycles. The van der Waals surface area contributed by atoms with E-state index in [4.69, 9.17) is 71.3 Å². The second kappa shape index (κ2) is 43.9. The number of carboxylic acid groups (broad SMARTS) is 1. The normalized spacial score (nSPS) is 19.4. The number of benzene rings is 3. The number of hydrogen-bond donors (Lipinski definition) is 4. The van der Waals surface area contributed by atoms with E-state index in [-0.39, 0.29) is 207 Å². The summed E-state index contributed by atoms with van der Waals surface area (Å²) in [5, 5.41) is 7.45. The quantitative estimate of drug-likeness (QED) is 0.0295. The van der Waals surface area contributed by atoms with Crippen molar-refractivity contribution in [2.24, 2.45) is 0 Å². The van der Waals surface area contributed by atoms with Crippen LogP contribution in [0.4, 0.5) is 101 Å². The molecular weight excluding hydrogens is 1880 g/mol. The van der Waals surface area contributed by atoms with Crippen LogP contribution in [0, 0.1) is 44.6 Å². The van der Waals surface area contributed by atoms with Gasteiger partial charge in [0.05, 0.1) is 78.0 Å². The summed E-state index contributed by atoms with van der Waals surface area (Å²) in [6.07, 6.45) is 1.35. The van der Waals surface area contributed by atoms with Gasteiger partial charge >= 0.3 is 42.5 Å². The van der Waals surface area contributed by atoms with Gasteiger partial charge < -0.3 is 70.8 Å². The van der Waals surface area contributed by atoms with Gasteiger partial charge in [-0.15, -0.1) is 0 Å². The molecule has 6 aromatic heterocycles. The lowest BCUT2D eigenvalue weighted by atomic mass is 9.98. The van der Waals surface area contributed by atoms with Crippen molar-refractivity contribution in [3.8, 4) is 51.8 Å². The number of alkyl halides is 12. The van der Waals surface area contributed by atoms with Crippen molar-refractivity contribution in [2.75, 3.05) is 158 Å². The molecule has 12 heterocycles. The highest BCUT2D eigenvalue weighted by Gasteiger charge is 2.44. The molecule has 6 aliphatic heterocycles. The fraction of sp³-hybridized carbons (Fsp3) is 0.462. The zero-order chi connectivity index (χ0) is 99.0. The number of aryl methyl sites for hydroxylation is 3. The van der Waals surface area contributed by atoms with Gasteiger partial charge in [0.2, 0.25) is 11.8 Å². The highest BCUT2D eigenvalue weighted by atomic mass is 35.5. The number of pyridine rings is 3. The summed E-state index contributed by atoms with van der Waals surface area (Å²) in [6, 6.07) is 6.59. The number of anilines is 6. The van der Waals surface area contributed by atoms with Gasteiger partial charge in [0.1, 0.15) is 104 Å². The lowest BCUT2D eigenvalue weighted by Gasteiger charge is -2.40. The molecule has 6 fully saturated rings. The van der Waals surface area contributed by atoms with E-state index < -0.39 is 112 Å². The molecule has 0 spiro atoms. The van der Waals surface area contributed by atoms with E-state index in [0.717, 1.165) is 114 Å². The molecule has 732 valence electrons. The molecule has 27 nitrogen and oxygen atoms in total. The zero-order valence-corrected chi connectivity index (χ0v) is 77.7. The average molecular weight is 1980 g/mol. The lowest BCUT2D eigenvalue weighted by Crippen LogP contribution is -2.53. The number of carbonyl (C=O) groups excluding carboxylic acids is 2. The standard InChI is InChI=1S/C30H33ClF5N7O2.C30H32ClF5N7O2.C27H31ClF4N6O.C4H5FO2/c2*1-16-12-21(37)38-27(24(16)30(34,35)36)23-20(31)13-19-26(25(23)33)39-29(45-15-18-6-5-9-41(18)3)40-28(19)43-11-10-42(14-17(43)2)22(44)7-4-8-32;1-14-11-19(33)34-24(21(14)27(30,31)32)20-18(28)12-17-23(22(20)29)35-26(39-13-16-8-6-9-37(16)3)36-25(17)38-10-5-4-7-15(38)2;5-3-1-2-4(6)7/h4,7,12-13,17-18H,5-6,8-11,14-15H2,1-3H3,(H2,37,38);4-5,7,12-13,17-18H,6,8-11,14-15H2,1-3H3,(H2,37,38);11-12,15-16H,4-10,13H2,1-3H3,(H2,33,34);1-2H,3H2,(H,6,7)/q;+1;;/b2*7-4+;;2-1+/t2*17-,18-;15-,16-;/m000./s1. The Morgan fingerprint density at radius 1 is 0.449 bits per heavy atom. The summed E-state index contributed by atoms with van der Waals surface area (Å²) >= 11 is 19.6. The van der Waals surface area contributed by atoms with Crippen LogP contribution in [0.1, 0.15) is 106 Å². The van der Waals surface area contributed by atoms with Crippen molar-refractivity contribution < 1.29 is 99.6 Å². The van der Waals surface area contributed by atoms with Crippen LogP contribution in [0.25, 0.3) is 66.5 Å². The molecular formula is C91H101Cl3F15N20O7+. The average Bonchev–Trinajstić information content (AvgIpc) is 1.04. The van der Waals surface area contributed by atoms with Gasteiger partial charge in [0.25, 0.3) is 0 Å². The van der Waals surface area contributed by atoms with E-state index in [1.807, 2.05) is 44.8 Å². The molecule has 0 aliphatic carbocycles. The fourth-order valence-electron chi connectivity index (χ4n) is 17.6. The number of carbonyl (C=O) groups is 3. The Labute approximate surface area is 788 Å². The molecule has 6 aliphatic rings. The maximum Gasteiger partial charge on any atom is 0.418 e. The van der Waals surface area contributed by atoms with Crippen molar-refractivity contribution in [3.05, 3.63) is 145 Å². The number of amides is 2. The number of allylic oxidation sites excluding steroid dienone is 3. The van der Waals surface area contributed by atoms with Crippen molar-refractivity contribution in [1.29, 1.82) is 0 Å². The molecule has 9 aromatic rings. The third-order valence-electron chi connectivity index (χ3n) is 24.4. The summed E-state index contributed by atoms with van der Waals surface area (Å²) in [4.78, 5) is 88.2. The van der Waals surface area contributed by atoms with Gasteiger partial charge in [0.15, 0.2) is 17.5 Å². The minimum absolute atomic E-state index is 0.0260. The SMILES string of the molecule is Cc1cc(N)nc(-c2c(Cl)cc3c(N4CCCC[C@@H]4C)nc(OC[C@@H]4CCCN4C)nc3c2F)c1C(F)(F)F.Cc1cc(N)nc(-c2c(Cl)cc3c(N4CCN(C(=O)/C=C/CF)C[C@@H]4C)nc(OC[C@@H]4CCCN4C)nc3c2F)c1C(F)(F)F.Cc1cc(N)nc(-c2c(Cl)cc3c(N4CCN(C(=O)/C=C/CF)C[C@@H]4C)nc(OC[C@@H]4C[CH+]CN4C)nc3c2F)c1C(F)(F)F.O=C(O)/C=C/CF. The Balaban J connectivity index is 0.000000177. The summed E-state index contributed by atoms with van der Waals surface area (Å²) in [5.41, 5.74) is 8.62. The van der Waals surface area contributed by atoms with Gasteiger partial charge in [-0.3, -0.25) is 14.5 Å². The van der Waals surface area contributed by atoms with Crippen LogP contribution < -0.4 is 46.1 Å². The number of aliphatic carboxylic acids is 1. The van der Waals surface area contributed by atoms with Gasteiger partial charge in [-0.25, -0.2) is 46.1 Å². The predicted molar refractivity (Wildman–Crippen MR) is 489 cm³/mol. The largest absolute Gasteiger partial charge is 0.478 e. The van der Waals surface area contributed by atoms with E-state index in [1.165, 1.54) is 51.1 Å². The number of aromatic nitrogens is 9. The van der Waals surface area contributed by atoms with E-state index in [1.54, 1.807) is 9.80 Å². The van der Waals surface area contributed by atoms with E-state index in [2.05, 4.69) is 77.8 Å². The summed E-state index contributed by atoms with van der Waals surface area (Å²) in [6.45, 7) is 12.7. The first-order chi connectivity index (χ1) is 64.3. The van der Waals surface area contributed by atoms with Crippen LogP contribution in [-0.4, -0.2) is 255 Å². The van der Waals surface area contributed by atoms with Crippen LogP contribution in [0.2, 0.25) is 15.1 Å². The number of piperazine rings is 2. The number of piperidine rings is 1. The summed E-state index contributed by atoms with van der Waals surface area (Å²) < 4.78 is 231. The van der Waals surface area contributed by atoms with Crippen LogP contribution in [0.3, 0.4) is 0 Å². The number of nitrogens with two attached hydrogens (primary N) is 3.